The molecule has 0 saturated heterocycles. The Labute approximate surface area is 208 Å². The van der Waals surface area contributed by atoms with Gasteiger partial charge in [0.15, 0.2) is 5.03 Å². The second-order valence-electron chi connectivity index (χ2n) is 8.82. The van der Waals surface area contributed by atoms with Gasteiger partial charge in [0.05, 0.1) is 16.2 Å². The van der Waals surface area contributed by atoms with Gasteiger partial charge in [-0.2, -0.15) is 4.98 Å². The van der Waals surface area contributed by atoms with E-state index in [9.17, 15) is 14.9 Å². The molecule has 1 amide bonds. The van der Waals surface area contributed by atoms with E-state index in [1.165, 1.54) is 18.3 Å². The molecule has 184 valence electrons. The normalized spacial score (nSPS) is 17.7. The van der Waals surface area contributed by atoms with E-state index >= 15 is 0 Å². The number of benzene rings is 1. The molecule has 35 heavy (non-hydrogen) atoms. The molecule has 3 aromatic rings. The van der Waals surface area contributed by atoms with E-state index in [1.54, 1.807) is 0 Å². The monoisotopic (exact) mass is 495 g/mol. The fourth-order valence-electron chi connectivity index (χ4n) is 4.26. The SMILES string of the molecule is CN(C)c1nc(NCC2CCC(NC(=O)CSc3ncccc3[N+](=O)[O-])CC2)nc2ccccc12. The smallest absolute Gasteiger partial charge is 0.301 e. The first-order valence-corrected chi connectivity index (χ1v) is 12.6. The Balaban J connectivity index is 1.24. The highest BCUT2D eigenvalue weighted by Crippen LogP contribution is 2.28. The number of anilines is 2. The number of carbonyl (C=O) groups is 1. The topological polar surface area (TPSA) is 126 Å². The average Bonchev–Trinajstić information content (AvgIpc) is 2.86. The molecule has 1 aliphatic carbocycles. The van der Waals surface area contributed by atoms with Gasteiger partial charge in [0.25, 0.3) is 0 Å². The Morgan fingerprint density at radius 1 is 1.14 bits per heavy atom. The molecule has 2 heterocycles. The van der Waals surface area contributed by atoms with Gasteiger partial charge in [-0.05, 0) is 49.8 Å². The number of nitro groups is 1. The van der Waals surface area contributed by atoms with Crippen LogP contribution in [0.15, 0.2) is 47.6 Å². The van der Waals surface area contributed by atoms with Gasteiger partial charge < -0.3 is 15.5 Å². The van der Waals surface area contributed by atoms with Crippen LogP contribution in [-0.4, -0.2) is 58.2 Å². The molecule has 1 saturated carbocycles. The summed E-state index contributed by atoms with van der Waals surface area (Å²) >= 11 is 1.09. The van der Waals surface area contributed by atoms with Gasteiger partial charge in [-0.15, -0.1) is 0 Å². The van der Waals surface area contributed by atoms with Crippen LogP contribution in [0.3, 0.4) is 0 Å². The average molecular weight is 496 g/mol. The second-order valence-corrected chi connectivity index (χ2v) is 9.79. The van der Waals surface area contributed by atoms with Crippen LogP contribution in [0.1, 0.15) is 25.7 Å². The number of rotatable bonds is 9. The van der Waals surface area contributed by atoms with Gasteiger partial charge in [0.2, 0.25) is 11.9 Å². The third kappa shape index (κ3) is 6.36. The van der Waals surface area contributed by atoms with Gasteiger partial charge in [0, 0.05) is 44.3 Å². The molecular formula is C24H29N7O3S. The quantitative estimate of drug-likeness (QED) is 0.258. The molecule has 0 spiro atoms. The van der Waals surface area contributed by atoms with Crippen LogP contribution in [0, 0.1) is 16.0 Å². The molecule has 1 aromatic carbocycles. The van der Waals surface area contributed by atoms with Gasteiger partial charge >= 0.3 is 5.69 Å². The second kappa shape index (κ2) is 11.3. The summed E-state index contributed by atoms with van der Waals surface area (Å²) in [6.45, 7) is 0.783. The summed E-state index contributed by atoms with van der Waals surface area (Å²) in [7, 11) is 3.95. The third-order valence-electron chi connectivity index (χ3n) is 6.06. The molecule has 0 bridgehead atoms. The summed E-state index contributed by atoms with van der Waals surface area (Å²) in [5, 5.41) is 18.9. The lowest BCUT2D eigenvalue weighted by Crippen LogP contribution is -2.39. The molecule has 0 radical (unpaired) electrons. The maximum Gasteiger partial charge on any atom is 0.301 e. The maximum absolute atomic E-state index is 12.4. The van der Waals surface area contributed by atoms with Crippen molar-refractivity contribution in [3.05, 3.63) is 52.7 Å². The van der Waals surface area contributed by atoms with Crippen molar-refractivity contribution in [2.75, 3.05) is 36.6 Å². The molecule has 0 unspecified atom stereocenters. The Morgan fingerprint density at radius 2 is 1.91 bits per heavy atom. The summed E-state index contributed by atoms with van der Waals surface area (Å²) in [6, 6.07) is 11.0. The van der Waals surface area contributed by atoms with Crippen molar-refractivity contribution in [1.29, 1.82) is 0 Å². The summed E-state index contributed by atoms with van der Waals surface area (Å²) in [6.07, 6.45) is 5.27. The first-order valence-electron chi connectivity index (χ1n) is 11.6. The molecule has 2 N–H and O–H groups in total. The zero-order chi connectivity index (χ0) is 24.8. The van der Waals surface area contributed by atoms with Crippen LogP contribution in [0.5, 0.6) is 0 Å². The number of pyridine rings is 1. The fraction of sp³-hybridized carbons (Fsp3) is 0.417. The van der Waals surface area contributed by atoms with E-state index in [2.05, 4.69) is 20.6 Å². The molecule has 4 rings (SSSR count). The Kier molecular flexibility index (Phi) is 7.96. The summed E-state index contributed by atoms with van der Waals surface area (Å²) in [4.78, 5) is 38.4. The number of para-hydroxylation sites is 1. The largest absolute Gasteiger partial charge is 0.362 e. The van der Waals surface area contributed by atoms with E-state index in [1.807, 2.05) is 43.3 Å². The van der Waals surface area contributed by atoms with Crippen molar-refractivity contribution in [3.8, 4) is 0 Å². The number of hydrogen-bond donors (Lipinski definition) is 2. The van der Waals surface area contributed by atoms with Crippen LogP contribution >= 0.6 is 11.8 Å². The zero-order valence-corrected chi connectivity index (χ0v) is 20.6. The van der Waals surface area contributed by atoms with Crippen LogP contribution in [0.2, 0.25) is 0 Å². The Bertz CT molecular complexity index is 1200. The Morgan fingerprint density at radius 3 is 2.66 bits per heavy atom. The van der Waals surface area contributed by atoms with Crippen LogP contribution in [0.25, 0.3) is 10.9 Å². The fourth-order valence-corrected chi connectivity index (χ4v) is 5.04. The van der Waals surface area contributed by atoms with Crippen LogP contribution in [0.4, 0.5) is 17.5 Å². The number of nitrogens with zero attached hydrogens (tertiary/aromatic N) is 5. The van der Waals surface area contributed by atoms with Crippen molar-refractivity contribution in [2.45, 2.75) is 36.8 Å². The van der Waals surface area contributed by atoms with Crippen molar-refractivity contribution >= 4 is 46.0 Å². The van der Waals surface area contributed by atoms with Crippen molar-refractivity contribution in [2.24, 2.45) is 5.92 Å². The van der Waals surface area contributed by atoms with Crippen LogP contribution < -0.4 is 15.5 Å². The lowest BCUT2D eigenvalue weighted by molar-refractivity contribution is -0.388. The predicted molar refractivity (Wildman–Crippen MR) is 138 cm³/mol. The van der Waals surface area contributed by atoms with E-state index in [0.29, 0.717) is 11.9 Å². The van der Waals surface area contributed by atoms with E-state index in [4.69, 9.17) is 4.98 Å². The number of nitrogens with one attached hydrogen (secondary N) is 2. The van der Waals surface area contributed by atoms with E-state index < -0.39 is 4.92 Å². The first kappa shape index (κ1) is 24.6. The molecule has 0 aliphatic heterocycles. The van der Waals surface area contributed by atoms with E-state index in [-0.39, 0.29) is 28.4 Å². The predicted octanol–water partition coefficient (Wildman–Crippen LogP) is 3.88. The molecule has 1 aliphatic rings. The number of amides is 1. The number of hydrogen-bond acceptors (Lipinski definition) is 9. The van der Waals surface area contributed by atoms with Gasteiger partial charge in [-0.3, -0.25) is 14.9 Å². The summed E-state index contributed by atoms with van der Waals surface area (Å²) in [5.41, 5.74) is 0.834. The lowest BCUT2D eigenvalue weighted by Gasteiger charge is -2.29. The minimum atomic E-state index is -0.479. The number of fused-ring (bicyclic) bond motifs is 1. The molecule has 2 aromatic heterocycles. The van der Waals surface area contributed by atoms with Gasteiger partial charge in [0.1, 0.15) is 5.82 Å². The first-order chi connectivity index (χ1) is 16.9. The third-order valence-corrected chi connectivity index (χ3v) is 7.05. The highest BCUT2D eigenvalue weighted by atomic mass is 32.2. The number of thioether (sulfide) groups is 1. The Hall–Kier alpha value is -3.47. The lowest BCUT2D eigenvalue weighted by atomic mass is 9.86. The van der Waals surface area contributed by atoms with E-state index in [0.717, 1.165) is 60.7 Å². The van der Waals surface area contributed by atoms with Crippen molar-refractivity contribution in [1.82, 2.24) is 20.3 Å². The van der Waals surface area contributed by atoms with Crippen LogP contribution in [-0.2, 0) is 4.79 Å². The zero-order valence-electron chi connectivity index (χ0n) is 19.8. The standard InChI is InChI=1S/C24H29N7O3S/c1-30(2)22-18-6-3-4-7-19(18)28-24(29-22)26-14-16-9-11-17(12-10-16)27-21(32)15-35-23-20(31(33)34)8-5-13-25-23/h3-8,13,16-17H,9-12,14-15H2,1-2H3,(H,27,32)(H,26,28,29). The highest BCUT2D eigenvalue weighted by molar-refractivity contribution is 8.00. The molecule has 0 atom stereocenters. The van der Waals surface area contributed by atoms with Crippen molar-refractivity contribution < 1.29 is 9.72 Å². The maximum atomic E-state index is 12.4. The minimum absolute atomic E-state index is 0.0774. The van der Waals surface area contributed by atoms with Gasteiger partial charge in [-0.25, -0.2) is 9.97 Å². The van der Waals surface area contributed by atoms with Crippen molar-refractivity contribution in [3.63, 3.8) is 0 Å². The molecule has 1 fully saturated rings. The molecule has 11 heteroatoms. The molecule has 10 nitrogen and oxygen atoms in total. The highest BCUT2D eigenvalue weighted by Gasteiger charge is 2.23. The summed E-state index contributed by atoms with van der Waals surface area (Å²) in [5.74, 6) is 1.97. The number of aromatic nitrogens is 3. The van der Waals surface area contributed by atoms with Gasteiger partial charge in [-0.1, -0.05) is 23.9 Å². The minimum Gasteiger partial charge on any atom is -0.362 e. The summed E-state index contributed by atoms with van der Waals surface area (Å²) < 4.78 is 0. The molecular weight excluding hydrogens is 466 g/mol. The number of carbonyl (C=O) groups excluding carboxylic acids is 1.